The van der Waals surface area contributed by atoms with Gasteiger partial charge in [0.15, 0.2) is 6.61 Å². The molecule has 4 rings (SSSR count). The number of rotatable bonds is 4. The number of aromatic nitrogens is 2. The van der Waals surface area contributed by atoms with Crippen LogP contribution < -0.4 is 0 Å². The fraction of sp³-hybridized carbons (Fsp3) is 0.316. The molecule has 1 amide bonds. The SMILES string of the molecule is Cc1nn(-c2cccc(Cl)c2)c2sc(C(=O)OCC(=O)N3CCCC3)cc12. The Kier molecular flexibility index (Phi) is 4.88. The van der Waals surface area contributed by atoms with E-state index in [1.54, 1.807) is 21.7 Å². The largest absolute Gasteiger partial charge is 0.451 e. The van der Waals surface area contributed by atoms with Gasteiger partial charge in [0.05, 0.1) is 11.4 Å². The summed E-state index contributed by atoms with van der Waals surface area (Å²) in [6, 6.07) is 9.15. The van der Waals surface area contributed by atoms with Gasteiger partial charge >= 0.3 is 5.97 Å². The summed E-state index contributed by atoms with van der Waals surface area (Å²) < 4.78 is 7.01. The first kappa shape index (κ1) is 18.0. The Morgan fingerprint density at radius 2 is 2.04 bits per heavy atom. The van der Waals surface area contributed by atoms with Gasteiger partial charge in [-0.05, 0) is 44.0 Å². The van der Waals surface area contributed by atoms with Crippen molar-refractivity contribution in [1.29, 1.82) is 0 Å². The predicted octanol–water partition coefficient (Wildman–Crippen LogP) is 3.83. The number of halogens is 1. The molecule has 1 aliphatic rings. The molecule has 0 aliphatic carbocycles. The van der Waals surface area contributed by atoms with Crippen LogP contribution in [-0.4, -0.2) is 46.3 Å². The summed E-state index contributed by atoms with van der Waals surface area (Å²) in [5.74, 6) is -0.621. The molecule has 1 aromatic carbocycles. The second kappa shape index (κ2) is 7.32. The minimum absolute atomic E-state index is 0.136. The average Bonchev–Trinajstić information content (AvgIpc) is 3.38. The minimum Gasteiger partial charge on any atom is -0.451 e. The van der Waals surface area contributed by atoms with Gasteiger partial charge < -0.3 is 9.64 Å². The normalized spacial score (nSPS) is 14.1. The molecule has 2 aromatic heterocycles. The minimum atomic E-state index is -0.485. The highest BCUT2D eigenvalue weighted by Crippen LogP contribution is 2.31. The number of nitrogens with zero attached hydrogens (tertiary/aromatic N) is 3. The van der Waals surface area contributed by atoms with E-state index >= 15 is 0 Å². The number of carbonyl (C=O) groups is 2. The monoisotopic (exact) mass is 403 g/mol. The smallest absolute Gasteiger partial charge is 0.348 e. The van der Waals surface area contributed by atoms with Crippen LogP contribution in [0, 0.1) is 6.92 Å². The van der Waals surface area contributed by atoms with Crippen LogP contribution in [0.5, 0.6) is 0 Å². The lowest BCUT2D eigenvalue weighted by Crippen LogP contribution is -2.31. The van der Waals surface area contributed by atoms with Crippen LogP contribution in [0.3, 0.4) is 0 Å². The van der Waals surface area contributed by atoms with Crippen molar-refractivity contribution < 1.29 is 14.3 Å². The van der Waals surface area contributed by atoms with Crippen LogP contribution in [-0.2, 0) is 9.53 Å². The molecule has 6 nitrogen and oxygen atoms in total. The van der Waals surface area contributed by atoms with E-state index < -0.39 is 5.97 Å². The van der Waals surface area contributed by atoms with Crippen LogP contribution >= 0.6 is 22.9 Å². The van der Waals surface area contributed by atoms with Gasteiger partial charge in [0, 0.05) is 23.5 Å². The molecule has 3 heterocycles. The van der Waals surface area contributed by atoms with E-state index in [-0.39, 0.29) is 12.5 Å². The Labute approximate surface area is 165 Å². The summed E-state index contributed by atoms with van der Waals surface area (Å²) in [4.78, 5) is 27.5. The van der Waals surface area contributed by atoms with E-state index in [4.69, 9.17) is 16.3 Å². The maximum absolute atomic E-state index is 12.4. The van der Waals surface area contributed by atoms with Crippen LogP contribution in [0.2, 0.25) is 5.02 Å². The topological polar surface area (TPSA) is 64.4 Å². The number of ether oxygens (including phenoxy) is 1. The van der Waals surface area contributed by atoms with E-state index in [0.29, 0.717) is 9.90 Å². The average molecular weight is 404 g/mol. The van der Waals surface area contributed by atoms with Crippen molar-refractivity contribution in [2.75, 3.05) is 19.7 Å². The van der Waals surface area contributed by atoms with E-state index in [2.05, 4.69) is 5.10 Å². The molecule has 0 saturated carbocycles. The Morgan fingerprint density at radius 1 is 1.26 bits per heavy atom. The molecule has 8 heteroatoms. The molecular weight excluding hydrogens is 386 g/mol. The fourth-order valence-electron chi connectivity index (χ4n) is 3.19. The third-order valence-corrected chi connectivity index (χ3v) is 5.91. The summed E-state index contributed by atoms with van der Waals surface area (Å²) >= 11 is 7.38. The summed E-state index contributed by atoms with van der Waals surface area (Å²) in [5, 5.41) is 6.05. The summed E-state index contributed by atoms with van der Waals surface area (Å²) in [6.45, 7) is 3.16. The lowest BCUT2D eigenvalue weighted by atomic mass is 10.3. The number of hydrogen-bond donors (Lipinski definition) is 0. The molecule has 0 unspecified atom stereocenters. The van der Waals surface area contributed by atoms with E-state index in [1.165, 1.54) is 11.3 Å². The first-order valence-corrected chi connectivity index (χ1v) is 9.92. The van der Waals surface area contributed by atoms with Crippen LogP contribution in [0.25, 0.3) is 15.9 Å². The highest BCUT2D eigenvalue weighted by molar-refractivity contribution is 7.20. The van der Waals surface area contributed by atoms with Crippen molar-refractivity contribution in [3.05, 3.63) is 45.9 Å². The molecule has 140 valence electrons. The van der Waals surface area contributed by atoms with E-state index in [0.717, 1.165) is 47.5 Å². The molecule has 0 radical (unpaired) electrons. The van der Waals surface area contributed by atoms with Crippen molar-refractivity contribution in [1.82, 2.24) is 14.7 Å². The molecular formula is C19H18ClN3O3S. The number of hydrogen-bond acceptors (Lipinski definition) is 5. The van der Waals surface area contributed by atoms with Crippen molar-refractivity contribution in [3.8, 4) is 5.69 Å². The second-order valence-electron chi connectivity index (χ2n) is 6.47. The number of thiophene rings is 1. The molecule has 27 heavy (non-hydrogen) atoms. The third kappa shape index (κ3) is 3.57. The molecule has 0 spiro atoms. The van der Waals surface area contributed by atoms with Crippen molar-refractivity contribution >= 4 is 45.0 Å². The maximum Gasteiger partial charge on any atom is 0.348 e. The highest BCUT2D eigenvalue weighted by Gasteiger charge is 2.22. The lowest BCUT2D eigenvalue weighted by molar-refractivity contribution is -0.133. The van der Waals surface area contributed by atoms with E-state index in [1.807, 2.05) is 25.1 Å². The second-order valence-corrected chi connectivity index (χ2v) is 7.94. The molecule has 3 aromatic rings. The molecule has 1 fully saturated rings. The van der Waals surface area contributed by atoms with Gasteiger partial charge in [-0.2, -0.15) is 5.10 Å². The van der Waals surface area contributed by atoms with Gasteiger partial charge in [-0.1, -0.05) is 17.7 Å². The molecule has 0 atom stereocenters. The number of esters is 1. The van der Waals surface area contributed by atoms with Crippen LogP contribution in [0.1, 0.15) is 28.2 Å². The summed E-state index contributed by atoms with van der Waals surface area (Å²) in [7, 11) is 0. The number of carbonyl (C=O) groups excluding carboxylic acids is 2. The van der Waals surface area contributed by atoms with Crippen molar-refractivity contribution in [3.63, 3.8) is 0 Å². The Bertz CT molecular complexity index is 1020. The molecule has 1 saturated heterocycles. The third-order valence-electron chi connectivity index (χ3n) is 4.58. The lowest BCUT2D eigenvalue weighted by Gasteiger charge is -2.14. The zero-order valence-corrected chi connectivity index (χ0v) is 16.3. The summed E-state index contributed by atoms with van der Waals surface area (Å²) in [6.07, 6.45) is 2.02. The predicted molar refractivity (Wildman–Crippen MR) is 105 cm³/mol. The van der Waals surface area contributed by atoms with Gasteiger partial charge in [-0.15, -0.1) is 11.3 Å². The molecule has 0 N–H and O–H groups in total. The van der Waals surface area contributed by atoms with Crippen LogP contribution in [0.15, 0.2) is 30.3 Å². The van der Waals surface area contributed by atoms with E-state index in [9.17, 15) is 9.59 Å². The molecule has 0 bridgehead atoms. The fourth-order valence-corrected chi connectivity index (χ4v) is 4.45. The zero-order valence-electron chi connectivity index (χ0n) is 14.8. The Balaban J connectivity index is 1.55. The number of aryl methyl sites for hydroxylation is 1. The van der Waals surface area contributed by atoms with Gasteiger partial charge in [-0.25, -0.2) is 9.48 Å². The van der Waals surface area contributed by atoms with Crippen LogP contribution in [0.4, 0.5) is 0 Å². The first-order valence-electron chi connectivity index (χ1n) is 8.73. The Morgan fingerprint density at radius 3 is 2.78 bits per heavy atom. The number of likely N-dealkylation sites (tertiary alicyclic amines) is 1. The number of amides is 1. The van der Waals surface area contributed by atoms with Gasteiger partial charge in [0.2, 0.25) is 0 Å². The van der Waals surface area contributed by atoms with Crippen molar-refractivity contribution in [2.24, 2.45) is 0 Å². The standard InChI is InChI=1S/C19H18ClN3O3S/c1-12-15-10-16(19(25)26-11-17(24)22-7-2-3-8-22)27-18(15)23(21-12)14-6-4-5-13(20)9-14/h4-6,9-10H,2-3,7-8,11H2,1H3. The summed E-state index contributed by atoms with van der Waals surface area (Å²) in [5.41, 5.74) is 1.64. The Hall–Kier alpha value is -2.38. The first-order chi connectivity index (χ1) is 13.0. The maximum atomic E-state index is 12.4. The zero-order chi connectivity index (χ0) is 19.0. The van der Waals surface area contributed by atoms with Gasteiger partial charge in [0.25, 0.3) is 5.91 Å². The highest BCUT2D eigenvalue weighted by atomic mass is 35.5. The van der Waals surface area contributed by atoms with Gasteiger partial charge in [0.1, 0.15) is 9.71 Å². The van der Waals surface area contributed by atoms with Crippen molar-refractivity contribution in [2.45, 2.75) is 19.8 Å². The van der Waals surface area contributed by atoms with Gasteiger partial charge in [-0.3, -0.25) is 4.79 Å². The number of fused-ring (bicyclic) bond motifs is 1. The molecule has 1 aliphatic heterocycles. The number of benzene rings is 1. The quantitative estimate of drug-likeness (QED) is 0.621.